The maximum atomic E-state index is 6.00. The van der Waals surface area contributed by atoms with Gasteiger partial charge in [0.1, 0.15) is 0 Å². The smallest absolute Gasteiger partial charge is 0.0438 e. The number of aryl methyl sites for hydroxylation is 1. The number of halogens is 1. The minimum atomic E-state index is 0.128. The molecule has 0 spiro atoms. The van der Waals surface area contributed by atoms with Gasteiger partial charge in [-0.3, -0.25) is 0 Å². The van der Waals surface area contributed by atoms with Gasteiger partial charge >= 0.3 is 0 Å². The summed E-state index contributed by atoms with van der Waals surface area (Å²) in [5, 5.41) is 0.809. The number of nitrogens with two attached hydrogens (primary N) is 1. The molecule has 1 nitrogen and oxygen atoms in total. The Labute approximate surface area is 84.9 Å². The van der Waals surface area contributed by atoms with Crippen LogP contribution in [0.15, 0.2) is 18.2 Å². The molecular formula is C11H16ClN. The fourth-order valence-electron chi connectivity index (χ4n) is 1.32. The molecule has 0 radical (unpaired) electrons. The van der Waals surface area contributed by atoms with Crippen molar-refractivity contribution in [3.8, 4) is 0 Å². The van der Waals surface area contributed by atoms with Gasteiger partial charge in [-0.25, -0.2) is 0 Å². The normalized spacial score (nSPS) is 12.9. The van der Waals surface area contributed by atoms with Crippen LogP contribution in [-0.4, -0.2) is 0 Å². The van der Waals surface area contributed by atoms with E-state index in [9.17, 15) is 0 Å². The molecule has 1 aromatic carbocycles. The van der Waals surface area contributed by atoms with Crippen molar-refractivity contribution in [2.24, 2.45) is 5.73 Å². The first kappa shape index (κ1) is 10.6. The fraction of sp³-hybridized carbons (Fsp3) is 0.455. The Morgan fingerprint density at radius 2 is 2.15 bits per heavy atom. The Balaban J connectivity index is 2.84. The molecule has 0 aromatic heterocycles. The predicted octanol–water partition coefficient (Wildman–Crippen LogP) is 3.45. The molecular weight excluding hydrogens is 182 g/mol. The van der Waals surface area contributed by atoms with E-state index in [0.29, 0.717) is 0 Å². The average Bonchev–Trinajstić information content (AvgIpc) is 2.10. The van der Waals surface area contributed by atoms with E-state index in [1.807, 2.05) is 19.1 Å². The number of rotatable bonds is 3. The van der Waals surface area contributed by atoms with Gasteiger partial charge in [0.25, 0.3) is 0 Å². The van der Waals surface area contributed by atoms with Crippen LogP contribution in [0, 0.1) is 6.92 Å². The van der Waals surface area contributed by atoms with Crippen LogP contribution in [0.2, 0.25) is 5.02 Å². The van der Waals surface area contributed by atoms with Crippen molar-refractivity contribution < 1.29 is 0 Å². The Bertz CT molecular complexity index is 283. The number of hydrogen-bond donors (Lipinski definition) is 1. The molecule has 0 saturated heterocycles. The summed E-state index contributed by atoms with van der Waals surface area (Å²) in [5.74, 6) is 0. The van der Waals surface area contributed by atoms with E-state index < -0.39 is 0 Å². The van der Waals surface area contributed by atoms with E-state index in [4.69, 9.17) is 17.3 Å². The first-order chi connectivity index (χ1) is 6.15. The summed E-state index contributed by atoms with van der Waals surface area (Å²) in [4.78, 5) is 0. The highest BCUT2D eigenvalue weighted by Crippen LogP contribution is 2.22. The van der Waals surface area contributed by atoms with Crippen molar-refractivity contribution in [1.82, 2.24) is 0 Å². The highest BCUT2D eigenvalue weighted by atomic mass is 35.5. The van der Waals surface area contributed by atoms with Crippen LogP contribution in [0.5, 0.6) is 0 Å². The zero-order valence-electron chi connectivity index (χ0n) is 8.18. The van der Waals surface area contributed by atoms with Gasteiger partial charge in [0, 0.05) is 11.1 Å². The quantitative estimate of drug-likeness (QED) is 0.790. The fourth-order valence-corrected chi connectivity index (χ4v) is 1.51. The molecule has 72 valence electrons. The summed E-state index contributed by atoms with van der Waals surface area (Å²) in [5.41, 5.74) is 8.21. The summed E-state index contributed by atoms with van der Waals surface area (Å²) in [6, 6.07) is 6.18. The molecule has 0 aliphatic rings. The largest absolute Gasteiger partial charge is 0.324 e. The Morgan fingerprint density at radius 1 is 1.46 bits per heavy atom. The van der Waals surface area contributed by atoms with Gasteiger partial charge in [0.05, 0.1) is 0 Å². The van der Waals surface area contributed by atoms with Gasteiger partial charge in [-0.15, -0.1) is 0 Å². The molecule has 0 aliphatic heterocycles. The average molecular weight is 198 g/mol. The molecule has 0 aliphatic carbocycles. The second-order valence-corrected chi connectivity index (χ2v) is 3.81. The number of hydrogen-bond acceptors (Lipinski definition) is 1. The van der Waals surface area contributed by atoms with Gasteiger partial charge in [0.15, 0.2) is 0 Å². The first-order valence-electron chi connectivity index (χ1n) is 4.66. The topological polar surface area (TPSA) is 26.0 Å². The lowest BCUT2D eigenvalue weighted by Gasteiger charge is -2.11. The SMILES string of the molecule is CCCC(N)c1ccc(C)c(Cl)c1. The van der Waals surface area contributed by atoms with E-state index in [2.05, 4.69) is 13.0 Å². The minimum Gasteiger partial charge on any atom is -0.324 e. The van der Waals surface area contributed by atoms with E-state index in [0.717, 1.165) is 29.0 Å². The first-order valence-corrected chi connectivity index (χ1v) is 5.04. The highest BCUT2D eigenvalue weighted by molar-refractivity contribution is 6.31. The van der Waals surface area contributed by atoms with Crippen molar-refractivity contribution in [2.45, 2.75) is 32.7 Å². The second-order valence-electron chi connectivity index (χ2n) is 3.40. The van der Waals surface area contributed by atoms with Gasteiger partial charge in [-0.05, 0) is 30.5 Å². The van der Waals surface area contributed by atoms with Crippen LogP contribution in [0.4, 0.5) is 0 Å². The third kappa shape index (κ3) is 2.71. The zero-order valence-corrected chi connectivity index (χ0v) is 8.93. The second kappa shape index (κ2) is 4.64. The van der Waals surface area contributed by atoms with E-state index in [1.54, 1.807) is 0 Å². The van der Waals surface area contributed by atoms with Crippen LogP contribution in [0.1, 0.15) is 36.9 Å². The van der Waals surface area contributed by atoms with Gasteiger partial charge in [-0.1, -0.05) is 37.1 Å². The molecule has 0 amide bonds. The van der Waals surface area contributed by atoms with Crippen LogP contribution in [-0.2, 0) is 0 Å². The maximum absolute atomic E-state index is 6.00. The predicted molar refractivity (Wildman–Crippen MR) is 58.0 cm³/mol. The van der Waals surface area contributed by atoms with Crippen molar-refractivity contribution in [1.29, 1.82) is 0 Å². The molecule has 2 heteroatoms. The van der Waals surface area contributed by atoms with Crippen LogP contribution < -0.4 is 5.73 Å². The zero-order chi connectivity index (χ0) is 9.84. The van der Waals surface area contributed by atoms with Gasteiger partial charge in [0.2, 0.25) is 0 Å². The summed E-state index contributed by atoms with van der Waals surface area (Å²) in [6.45, 7) is 4.13. The molecule has 0 bridgehead atoms. The molecule has 0 heterocycles. The Kier molecular flexibility index (Phi) is 3.76. The van der Waals surface area contributed by atoms with Gasteiger partial charge < -0.3 is 5.73 Å². The molecule has 2 N–H and O–H groups in total. The number of benzene rings is 1. The van der Waals surface area contributed by atoms with Crippen LogP contribution in [0.25, 0.3) is 0 Å². The molecule has 0 saturated carbocycles. The monoisotopic (exact) mass is 197 g/mol. The standard InChI is InChI=1S/C11H16ClN/c1-3-4-11(13)9-6-5-8(2)10(12)7-9/h5-7,11H,3-4,13H2,1-2H3. The van der Waals surface area contributed by atoms with Crippen molar-refractivity contribution in [3.05, 3.63) is 34.3 Å². The van der Waals surface area contributed by atoms with E-state index in [-0.39, 0.29) is 6.04 Å². The molecule has 1 rings (SSSR count). The van der Waals surface area contributed by atoms with Crippen molar-refractivity contribution in [3.63, 3.8) is 0 Å². The summed E-state index contributed by atoms with van der Waals surface area (Å²) < 4.78 is 0. The molecule has 0 fully saturated rings. The summed E-state index contributed by atoms with van der Waals surface area (Å²) in [7, 11) is 0. The highest BCUT2D eigenvalue weighted by Gasteiger charge is 2.05. The third-order valence-electron chi connectivity index (χ3n) is 2.22. The molecule has 1 aromatic rings. The third-order valence-corrected chi connectivity index (χ3v) is 2.63. The molecule has 13 heavy (non-hydrogen) atoms. The van der Waals surface area contributed by atoms with E-state index in [1.165, 1.54) is 0 Å². The lowest BCUT2D eigenvalue weighted by molar-refractivity contribution is 0.638. The summed E-state index contributed by atoms with van der Waals surface area (Å²) in [6.07, 6.45) is 2.12. The maximum Gasteiger partial charge on any atom is 0.0438 e. The van der Waals surface area contributed by atoms with Crippen molar-refractivity contribution in [2.75, 3.05) is 0 Å². The van der Waals surface area contributed by atoms with Crippen LogP contribution in [0.3, 0.4) is 0 Å². The van der Waals surface area contributed by atoms with Gasteiger partial charge in [-0.2, -0.15) is 0 Å². The molecule has 1 atom stereocenters. The van der Waals surface area contributed by atoms with E-state index >= 15 is 0 Å². The lowest BCUT2D eigenvalue weighted by atomic mass is 10.0. The Morgan fingerprint density at radius 3 is 2.69 bits per heavy atom. The Hall–Kier alpha value is -0.530. The molecule has 1 unspecified atom stereocenters. The summed E-state index contributed by atoms with van der Waals surface area (Å²) >= 11 is 6.00. The van der Waals surface area contributed by atoms with Crippen molar-refractivity contribution >= 4 is 11.6 Å². The lowest BCUT2D eigenvalue weighted by Crippen LogP contribution is -2.09. The van der Waals surface area contributed by atoms with Crippen LogP contribution >= 0.6 is 11.6 Å². The minimum absolute atomic E-state index is 0.128.